The van der Waals surface area contributed by atoms with Crippen LogP contribution >= 0.6 is 11.3 Å². The van der Waals surface area contributed by atoms with Crippen molar-refractivity contribution in [3.8, 4) is 0 Å². The molecule has 1 aromatic carbocycles. The molecule has 20 heavy (non-hydrogen) atoms. The standard InChI is InChI=1S/C14H17N3O2S/c1-16-14(19)9-2-3-11(15)12(6-9)17-7-13(18)10-4-5-20-8-10/h2-6,8,13,17-18H,7,15H2,1H3,(H,16,19). The highest BCUT2D eigenvalue weighted by Crippen LogP contribution is 2.22. The number of carbonyl (C=O) groups excluding carboxylic acids is 1. The molecule has 5 N–H and O–H groups in total. The van der Waals surface area contributed by atoms with Gasteiger partial charge >= 0.3 is 0 Å². The summed E-state index contributed by atoms with van der Waals surface area (Å²) in [5, 5.41) is 19.5. The maximum Gasteiger partial charge on any atom is 0.251 e. The van der Waals surface area contributed by atoms with Crippen molar-refractivity contribution in [1.29, 1.82) is 0 Å². The SMILES string of the molecule is CNC(=O)c1ccc(N)c(NCC(O)c2ccsc2)c1. The monoisotopic (exact) mass is 291 g/mol. The lowest BCUT2D eigenvalue weighted by Gasteiger charge is -2.14. The second kappa shape index (κ2) is 6.40. The van der Waals surface area contributed by atoms with Crippen LogP contribution in [0.2, 0.25) is 0 Å². The minimum Gasteiger partial charge on any atom is -0.397 e. The Balaban J connectivity index is 2.07. The highest BCUT2D eigenvalue weighted by atomic mass is 32.1. The third-order valence-electron chi connectivity index (χ3n) is 2.96. The van der Waals surface area contributed by atoms with E-state index in [1.165, 1.54) is 11.3 Å². The zero-order valence-electron chi connectivity index (χ0n) is 11.1. The predicted octanol–water partition coefficient (Wildman–Crippen LogP) is 1.84. The highest BCUT2D eigenvalue weighted by Gasteiger charge is 2.10. The summed E-state index contributed by atoms with van der Waals surface area (Å²) in [6.07, 6.45) is -0.607. The van der Waals surface area contributed by atoms with Gasteiger partial charge in [-0.1, -0.05) is 0 Å². The quantitative estimate of drug-likeness (QED) is 0.633. The van der Waals surface area contributed by atoms with Crippen LogP contribution in [0.15, 0.2) is 35.0 Å². The van der Waals surface area contributed by atoms with Crippen LogP contribution in [-0.4, -0.2) is 24.6 Å². The van der Waals surface area contributed by atoms with E-state index < -0.39 is 6.10 Å². The van der Waals surface area contributed by atoms with Crippen LogP contribution in [0.1, 0.15) is 22.0 Å². The van der Waals surface area contributed by atoms with E-state index in [0.717, 1.165) is 5.56 Å². The Morgan fingerprint density at radius 2 is 2.25 bits per heavy atom. The summed E-state index contributed by atoms with van der Waals surface area (Å²) in [5.41, 5.74) is 8.43. The first kappa shape index (κ1) is 14.4. The van der Waals surface area contributed by atoms with Gasteiger partial charge in [0.1, 0.15) is 0 Å². The summed E-state index contributed by atoms with van der Waals surface area (Å²) in [7, 11) is 1.58. The van der Waals surface area contributed by atoms with Gasteiger partial charge < -0.3 is 21.5 Å². The average molecular weight is 291 g/mol. The summed E-state index contributed by atoms with van der Waals surface area (Å²) in [5.74, 6) is -0.175. The Kier molecular flexibility index (Phi) is 4.60. The van der Waals surface area contributed by atoms with Crippen molar-refractivity contribution < 1.29 is 9.90 Å². The number of rotatable bonds is 5. The zero-order chi connectivity index (χ0) is 14.5. The molecule has 106 valence electrons. The largest absolute Gasteiger partial charge is 0.397 e. The Labute approximate surface area is 121 Å². The number of hydrogen-bond acceptors (Lipinski definition) is 5. The van der Waals surface area contributed by atoms with Crippen molar-refractivity contribution in [2.75, 3.05) is 24.6 Å². The van der Waals surface area contributed by atoms with E-state index in [2.05, 4.69) is 10.6 Å². The summed E-state index contributed by atoms with van der Waals surface area (Å²) < 4.78 is 0. The van der Waals surface area contributed by atoms with E-state index in [0.29, 0.717) is 23.5 Å². The second-order valence-corrected chi connectivity index (χ2v) is 5.11. The first-order valence-corrected chi connectivity index (χ1v) is 7.11. The van der Waals surface area contributed by atoms with E-state index in [1.807, 2.05) is 16.8 Å². The first-order valence-electron chi connectivity index (χ1n) is 6.17. The molecule has 0 aliphatic carbocycles. The van der Waals surface area contributed by atoms with Crippen LogP contribution in [0.5, 0.6) is 0 Å². The molecule has 0 saturated heterocycles. The molecule has 6 heteroatoms. The molecule has 0 fully saturated rings. The first-order chi connectivity index (χ1) is 9.61. The molecule has 1 unspecified atom stereocenters. The number of hydrogen-bond donors (Lipinski definition) is 4. The van der Waals surface area contributed by atoms with Gasteiger partial charge in [-0.15, -0.1) is 0 Å². The van der Waals surface area contributed by atoms with Gasteiger partial charge in [0.2, 0.25) is 0 Å². The normalized spacial score (nSPS) is 11.9. The molecule has 0 aliphatic rings. The van der Waals surface area contributed by atoms with Gasteiger partial charge in [-0.25, -0.2) is 0 Å². The molecule has 0 saturated carbocycles. The second-order valence-electron chi connectivity index (χ2n) is 4.33. The number of thiophene rings is 1. The third kappa shape index (κ3) is 3.28. The van der Waals surface area contributed by atoms with Crippen LogP contribution in [-0.2, 0) is 0 Å². The molecular formula is C14H17N3O2S. The van der Waals surface area contributed by atoms with Crippen molar-refractivity contribution in [3.05, 3.63) is 46.2 Å². The third-order valence-corrected chi connectivity index (χ3v) is 3.66. The van der Waals surface area contributed by atoms with E-state index in [9.17, 15) is 9.90 Å². The number of amides is 1. The summed E-state index contributed by atoms with van der Waals surface area (Å²) >= 11 is 1.54. The van der Waals surface area contributed by atoms with Gasteiger partial charge in [-0.3, -0.25) is 4.79 Å². The predicted molar refractivity (Wildman–Crippen MR) is 82.0 cm³/mol. The number of anilines is 2. The number of nitrogens with two attached hydrogens (primary N) is 1. The molecule has 1 amide bonds. The molecule has 0 aliphatic heterocycles. The van der Waals surface area contributed by atoms with E-state index in [-0.39, 0.29) is 5.91 Å². The summed E-state index contributed by atoms with van der Waals surface area (Å²) in [4.78, 5) is 11.6. The number of nitrogens with one attached hydrogen (secondary N) is 2. The number of aliphatic hydroxyl groups is 1. The molecule has 2 rings (SSSR count). The summed E-state index contributed by atoms with van der Waals surface area (Å²) in [6.45, 7) is 0.331. The maximum absolute atomic E-state index is 11.6. The van der Waals surface area contributed by atoms with Crippen molar-refractivity contribution in [1.82, 2.24) is 5.32 Å². The molecule has 0 bridgehead atoms. The fraction of sp³-hybridized carbons (Fsp3) is 0.214. The molecule has 5 nitrogen and oxygen atoms in total. The smallest absolute Gasteiger partial charge is 0.251 e. The van der Waals surface area contributed by atoms with Crippen molar-refractivity contribution in [2.45, 2.75) is 6.10 Å². The molecule has 0 radical (unpaired) electrons. The van der Waals surface area contributed by atoms with E-state index in [1.54, 1.807) is 25.2 Å². The Bertz CT molecular complexity index is 584. The maximum atomic E-state index is 11.6. The fourth-order valence-corrected chi connectivity index (χ4v) is 2.49. The van der Waals surface area contributed by atoms with Crippen LogP contribution in [0.4, 0.5) is 11.4 Å². The van der Waals surface area contributed by atoms with Crippen LogP contribution < -0.4 is 16.4 Å². The van der Waals surface area contributed by atoms with Gasteiger partial charge in [-0.05, 0) is 40.6 Å². The number of carbonyl (C=O) groups is 1. The molecule has 2 aromatic rings. The Hall–Kier alpha value is -2.05. The zero-order valence-corrected chi connectivity index (χ0v) is 11.9. The van der Waals surface area contributed by atoms with Crippen LogP contribution in [0, 0.1) is 0 Å². The number of nitrogen functional groups attached to an aromatic ring is 1. The van der Waals surface area contributed by atoms with E-state index in [4.69, 9.17) is 5.73 Å². The minimum absolute atomic E-state index is 0.175. The minimum atomic E-state index is -0.607. The number of aliphatic hydroxyl groups excluding tert-OH is 1. The van der Waals surface area contributed by atoms with Gasteiger partial charge in [0.05, 0.1) is 17.5 Å². The molecule has 1 heterocycles. The topological polar surface area (TPSA) is 87.4 Å². The van der Waals surface area contributed by atoms with Crippen LogP contribution in [0.25, 0.3) is 0 Å². The van der Waals surface area contributed by atoms with Gasteiger partial charge in [0.15, 0.2) is 0 Å². The van der Waals surface area contributed by atoms with E-state index >= 15 is 0 Å². The van der Waals surface area contributed by atoms with Gasteiger partial charge in [0, 0.05) is 19.2 Å². The van der Waals surface area contributed by atoms with Crippen molar-refractivity contribution in [2.24, 2.45) is 0 Å². The molecule has 1 atom stereocenters. The molecule has 1 aromatic heterocycles. The van der Waals surface area contributed by atoms with Gasteiger partial charge in [-0.2, -0.15) is 11.3 Å². The fourth-order valence-electron chi connectivity index (χ4n) is 1.78. The number of benzene rings is 1. The van der Waals surface area contributed by atoms with Crippen LogP contribution in [0.3, 0.4) is 0 Å². The lowest BCUT2D eigenvalue weighted by Crippen LogP contribution is -2.18. The van der Waals surface area contributed by atoms with Gasteiger partial charge in [0.25, 0.3) is 5.91 Å². The van der Waals surface area contributed by atoms with Crippen molar-refractivity contribution in [3.63, 3.8) is 0 Å². The molecule has 0 spiro atoms. The molecular weight excluding hydrogens is 274 g/mol. The Morgan fingerprint density at radius 3 is 2.90 bits per heavy atom. The highest BCUT2D eigenvalue weighted by molar-refractivity contribution is 7.07. The lowest BCUT2D eigenvalue weighted by atomic mass is 10.1. The van der Waals surface area contributed by atoms with Crippen molar-refractivity contribution >= 4 is 28.6 Å². The summed E-state index contributed by atoms with van der Waals surface area (Å²) in [6, 6.07) is 6.88. The lowest BCUT2D eigenvalue weighted by molar-refractivity contribution is 0.0963. The Morgan fingerprint density at radius 1 is 1.45 bits per heavy atom. The average Bonchev–Trinajstić information content (AvgIpc) is 2.99.